The number of hydrogen-bond acceptors (Lipinski definition) is 5. The number of hydrogen-bond donors (Lipinski definition) is 1. The molecule has 0 radical (unpaired) electrons. The van der Waals surface area contributed by atoms with Gasteiger partial charge in [0, 0.05) is 30.6 Å². The van der Waals surface area contributed by atoms with E-state index in [4.69, 9.17) is 4.98 Å². The van der Waals surface area contributed by atoms with Crippen LogP contribution in [0.15, 0.2) is 0 Å². The van der Waals surface area contributed by atoms with Crippen LogP contribution in [0.1, 0.15) is 36.8 Å². The molecule has 1 aromatic rings. The van der Waals surface area contributed by atoms with Crippen LogP contribution in [0.5, 0.6) is 0 Å². The maximum absolute atomic E-state index is 4.77. The monoisotopic (exact) mass is 296 g/mol. The molecule has 4 nitrogen and oxygen atoms in total. The highest BCUT2D eigenvalue weighted by Gasteiger charge is 2.23. The first-order valence-corrected chi connectivity index (χ1v) is 8.51. The third kappa shape index (κ3) is 3.93. The molecule has 114 valence electrons. The van der Waals surface area contributed by atoms with Gasteiger partial charge in [-0.2, -0.15) is 0 Å². The summed E-state index contributed by atoms with van der Waals surface area (Å²) in [6, 6.07) is 0.734. The van der Waals surface area contributed by atoms with E-state index in [0.717, 1.165) is 32.2 Å². The summed E-state index contributed by atoms with van der Waals surface area (Å²) in [6.07, 6.45) is 3.67. The predicted molar refractivity (Wildman–Crippen MR) is 87.8 cm³/mol. The smallest absolute Gasteiger partial charge is 0.185 e. The summed E-state index contributed by atoms with van der Waals surface area (Å²) in [4.78, 5) is 11.0. The summed E-state index contributed by atoms with van der Waals surface area (Å²) in [6.45, 7) is 8.66. The van der Waals surface area contributed by atoms with E-state index in [-0.39, 0.29) is 0 Å². The van der Waals surface area contributed by atoms with Crippen molar-refractivity contribution in [2.24, 2.45) is 0 Å². The molecule has 0 aliphatic carbocycles. The first kappa shape index (κ1) is 15.7. The Morgan fingerprint density at radius 1 is 1.35 bits per heavy atom. The fourth-order valence-electron chi connectivity index (χ4n) is 2.66. The van der Waals surface area contributed by atoms with Gasteiger partial charge >= 0.3 is 0 Å². The second-order valence-corrected chi connectivity index (χ2v) is 6.93. The summed E-state index contributed by atoms with van der Waals surface area (Å²) >= 11 is 1.86. The van der Waals surface area contributed by atoms with Gasteiger partial charge in [-0.3, -0.25) is 0 Å². The van der Waals surface area contributed by atoms with Gasteiger partial charge in [0.1, 0.15) is 0 Å². The summed E-state index contributed by atoms with van der Waals surface area (Å²) < 4.78 is 0. The van der Waals surface area contributed by atoms with Crippen LogP contribution in [0.3, 0.4) is 0 Å². The van der Waals surface area contributed by atoms with E-state index >= 15 is 0 Å². The van der Waals surface area contributed by atoms with Gasteiger partial charge in [-0.1, -0.05) is 6.92 Å². The van der Waals surface area contributed by atoms with E-state index in [1.807, 2.05) is 11.3 Å². The molecule has 0 aromatic carbocycles. The number of thiazole rings is 1. The summed E-state index contributed by atoms with van der Waals surface area (Å²) in [7, 11) is 4.37. The molecule has 2 heterocycles. The first-order chi connectivity index (χ1) is 9.61. The lowest BCUT2D eigenvalue weighted by Crippen LogP contribution is -2.41. The van der Waals surface area contributed by atoms with E-state index in [1.165, 1.54) is 35.0 Å². The molecule has 1 N–H and O–H groups in total. The number of anilines is 1. The number of nitrogens with one attached hydrogen (secondary N) is 1. The minimum Gasteiger partial charge on any atom is -0.348 e. The lowest BCUT2D eigenvalue weighted by molar-refractivity contribution is 0.249. The highest BCUT2D eigenvalue weighted by Crippen LogP contribution is 2.28. The zero-order valence-corrected chi connectivity index (χ0v) is 14.1. The molecule has 20 heavy (non-hydrogen) atoms. The Morgan fingerprint density at radius 2 is 2.05 bits per heavy atom. The highest BCUT2D eigenvalue weighted by molar-refractivity contribution is 7.15. The second-order valence-electron chi connectivity index (χ2n) is 5.86. The molecular formula is C15H28N4S. The third-order valence-electron chi connectivity index (χ3n) is 4.06. The Hall–Kier alpha value is -0.650. The summed E-state index contributed by atoms with van der Waals surface area (Å²) in [5.74, 6) is 0. The standard InChI is InChI=1S/C15H28N4S/c1-5-8-16-11-14-12(2)17-15(20-14)19-9-6-13(7-10-19)18(3)4/h13,16H,5-11H2,1-4H3. The van der Waals surface area contributed by atoms with Gasteiger partial charge in [0.25, 0.3) is 0 Å². The van der Waals surface area contributed by atoms with Gasteiger partial charge < -0.3 is 15.1 Å². The number of aryl methyl sites for hydroxylation is 1. The van der Waals surface area contributed by atoms with Crippen LogP contribution in [0.25, 0.3) is 0 Å². The summed E-state index contributed by atoms with van der Waals surface area (Å²) in [5.41, 5.74) is 1.20. The summed E-state index contributed by atoms with van der Waals surface area (Å²) in [5, 5.41) is 4.69. The van der Waals surface area contributed by atoms with E-state index < -0.39 is 0 Å². The molecule has 1 aliphatic heterocycles. The maximum Gasteiger partial charge on any atom is 0.185 e. The normalized spacial score (nSPS) is 17.1. The second kappa shape index (κ2) is 7.38. The van der Waals surface area contributed by atoms with Crippen LogP contribution in [0.4, 0.5) is 5.13 Å². The molecule has 0 amide bonds. The van der Waals surface area contributed by atoms with Gasteiger partial charge in [0.2, 0.25) is 0 Å². The van der Waals surface area contributed by atoms with Crippen LogP contribution in [-0.4, -0.2) is 49.7 Å². The highest BCUT2D eigenvalue weighted by atomic mass is 32.1. The molecule has 1 aromatic heterocycles. The fourth-order valence-corrected chi connectivity index (χ4v) is 3.75. The molecule has 0 spiro atoms. The lowest BCUT2D eigenvalue weighted by Gasteiger charge is -2.35. The number of aromatic nitrogens is 1. The Kier molecular flexibility index (Phi) is 5.81. The van der Waals surface area contributed by atoms with Crippen molar-refractivity contribution in [1.82, 2.24) is 15.2 Å². The number of nitrogens with zero attached hydrogens (tertiary/aromatic N) is 3. The van der Waals surface area contributed by atoms with Crippen LogP contribution < -0.4 is 10.2 Å². The van der Waals surface area contributed by atoms with Crippen molar-refractivity contribution in [3.63, 3.8) is 0 Å². The van der Waals surface area contributed by atoms with E-state index in [9.17, 15) is 0 Å². The van der Waals surface area contributed by atoms with Crippen molar-refractivity contribution in [3.05, 3.63) is 10.6 Å². The zero-order valence-electron chi connectivity index (χ0n) is 13.3. The largest absolute Gasteiger partial charge is 0.348 e. The van der Waals surface area contributed by atoms with Crippen molar-refractivity contribution in [3.8, 4) is 0 Å². The Morgan fingerprint density at radius 3 is 2.65 bits per heavy atom. The van der Waals surface area contributed by atoms with Crippen molar-refractivity contribution >= 4 is 16.5 Å². The van der Waals surface area contributed by atoms with Gasteiger partial charge in [0.15, 0.2) is 5.13 Å². The molecule has 2 rings (SSSR count). The third-order valence-corrected chi connectivity index (χ3v) is 5.28. The number of piperidine rings is 1. The number of rotatable bonds is 6. The molecule has 1 aliphatic rings. The van der Waals surface area contributed by atoms with E-state index in [2.05, 4.69) is 43.1 Å². The molecule has 0 bridgehead atoms. The maximum atomic E-state index is 4.77. The van der Waals surface area contributed by atoms with Crippen LogP contribution in [0, 0.1) is 6.92 Å². The van der Waals surface area contributed by atoms with Crippen LogP contribution in [0.2, 0.25) is 0 Å². The van der Waals surface area contributed by atoms with E-state index in [1.54, 1.807) is 0 Å². The molecule has 1 saturated heterocycles. The van der Waals surface area contributed by atoms with E-state index in [0.29, 0.717) is 0 Å². The molecule has 1 fully saturated rings. The van der Waals surface area contributed by atoms with Gasteiger partial charge in [-0.05, 0) is 46.8 Å². The Labute approximate surface area is 127 Å². The minimum atomic E-state index is 0.734. The topological polar surface area (TPSA) is 31.4 Å². The Bertz CT molecular complexity index is 408. The average Bonchev–Trinajstić information content (AvgIpc) is 2.81. The van der Waals surface area contributed by atoms with Crippen molar-refractivity contribution in [2.75, 3.05) is 38.6 Å². The van der Waals surface area contributed by atoms with Gasteiger partial charge in [-0.15, -0.1) is 11.3 Å². The molecule has 0 unspecified atom stereocenters. The van der Waals surface area contributed by atoms with Crippen molar-refractivity contribution in [2.45, 2.75) is 45.7 Å². The molecule has 5 heteroatoms. The predicted octanol–water partition coefficient (Wildman–Crippen LogP) is 2.48. The minimum absolute atomic E-state index is 0.734. The van der Waals surface area contributed by atoms with Crippen molar-refractivity contribution < 1.29 is 0 Å². The van der Waals surface area contributed by atoms with Crippen LogP contribution in [-0.2, 0) is 6.54 Å². The molecular weight excluding hydrogens is 268 g/mol. The first-order valence-electron chi connectivity index (χ1n) is 7.70. The van der Waals surface area contributed by atoms with Crippen LogP contribution >= 0.6 is 11.3 Å². The SMILES string of the molecule is CCCNCc1sc(N2CCC(N(C)C)CC2)nc1C. The van der Waals surface area contributed by atoms with Gasteiger partial charge in [-0.25, -0.2) is 4.98 Å². The quantitative estimate of drug-likeness (QED) is 0.817. The fraction of sp³-hybridized carbons (Fsp3) is 0.800. The Balaban J connectivity index is 1.92. The molecule has 0 saturated carbocycles. The van der Waals surface area contributed by atoms with Gasteiger partial charge in [0.05, 0.1) is 5.69 Å². The van der Waals surface area contributed by atoms with Crippen molar-refractivity contribution in [1.29, 1.82) is 0 Å². The average molecular weight is 296 g/mol. The molecule has 0 atom stereocenters. The lowest BCUT2D eigenvalue weighted by atomic mass is 10.0. The zero-order chi connectivity index (χ0) is 14.5.